The third-order valence-corrected chi connectivity index (χ3v) is 4.18. The Morgan fingerprint density at radius 1 is 1.20 bits per heavy atom. The zero-order valence-electron chi connectivity index (χ0n) is 11.4. The normalized spacial score (nSPS) is 28.4. The van der Waals surface area contributed by atoms with Crippen molar-refractivity contribution in [2.45, 2.75) is 44.3 Å². The number of ether oxygens (including phenoxy) is 2. The topological polar surface area (TPSA) is 35.5 Å². The molecule has 4 heteroatoms. The molecule has 0 aliphatic carbocycles. The van der Waals surface area contributed by atoms with E-state index >= 15 is 0 Å². The molecule has 1 aromatic carbocycles. The number of ketones is 1. The van der Waals surface area contributed by atoms with Gasteiger partial charge < -0.3 is 9.47 Å². The zero-order chi connectivity index (χ0) is 13.9. The average molecular weight is 278 g/mol. The zero-order valence-corrected chi connectivity index (χ0v) is 11.4. The van der Waals surface area contributed by atoms with Crippen LogP contribution in [0.15, 0.2) is 24.3 Å². The minimum atomic E-state index is -0.286. The Hall–Kier alpha value is -1.42. The molecule has 2 heterocycles. The lowest BCUT2D eigenvalue weighted by atomic mass is 9.90. The third-order valence-electron chi connectivity index (χ3n) is 4.18. The molecule has 1 aromatic rings. The van der Waals surface area contributed by atoms with Crippen LogP contribution in [0.25, 0.3) is 0 Å². The van der Waals surface area contributed by atoms with Crippen LogP contribution in [0.4, 0.5) is 4.39 Å². The van der Waals surface area contributed by atoms with Gasteiger partial charge in [0, 0.05) is 12.3 Å². The van der Waals surface area contributed by atoms with Crippen LogP contribution in [0.2, 0.25) is 0 Å². The molecular weight excluding hydrogens is 259 g/mol. The second kappa shape index (κ2) is 5.92. The van der Waals surface area contributed by atoms with Gasteiger partial charge in [0.05, 0.1) is 18.8 Å². The molecule has 0 saturated carbocycles. The van der Waals surface area contributed by atoms with Crippen LogP contribution in [0.5, 0.6) is 5.75 Å². The van der Waals surface area contributed by atoms with E-state index in [9.17, 15) is 9.18 Å². The maximum Gasteiger partial charge on any atom is 0.139 e. The molecule has 0 N–H and O–H groups in total. The lowest BCUT2D eigenvalue weighted by Crippen LogP contribution is -2.30. The Kier molecular flexibility index (Phi) is 4.01. The molecule has 2 fully saturated rings. The van der Waals surface area contributed by atoms with Gasteiger partial charge in [0.15, 0.2) is 0 Å². The maximum absolute atomic E-state index is 12.7. The van der Waals surface area contributed by atoms with Crippen LogP contribution in [0, 0.1) is 11.7 Å². The summed E-state index contributed by atoms with van der Waals surface area (Å²) in [4.78, 5) is 12.2. The van der Waals surface area contributed by atoms with Crippen molar-refractivity contribution in [2.24, 2.45) is 5.92 Å². The van der Waals surface area contributed by atoms with Gasteiger partial charge in [-0.1, -0.05) is 0 Å². The largest absolute Gasteiger partial charge is 0.493 e. The van der Waals surface area contributed by atoms with Crippen molar-refractivity contribution in [3.8, 4) is 5.75 Å². The molecule has 2 aliphatic heterocycles. The quantitative estimate of drug-likeness (QED) is 0.830. The van der Waals surface area contributed by atoms with E-state index in [1.54, 1.807) is 12.1 Å². The second-order valence-electron chi connectivity index (χ2n) is 5.64. The van der Waals surface area contributed by atoms with Crippen LogP contribution < -0.4 is 4.74 Å². The van der Waals surface area contributed by atoms with Gasteiger partial charge >= 0.3 is 0 Å². The molecule has 20 heavy (non-hydrogen) atoms. The van der Waals surface area contributed by atoms with E-state index in [-0.39, 0.29) is 17.5 Å². The van der Waals surface area contributed by atoms with Crippen molar-refractivity contribution in [3.05, 3.63) is 30.1 Å². The highest BCUT2D eigenvalue weighted by atomic mass is 19.1. The monoisotopic (exact) mass is 278 g/mol. The molecule has 2 aliphatic rings. The number of benzene rings is 1. The van der Waals surface area contributed by atoms with Crippen molar-refractivity contribution in [2.75, 3.05) is 6.61 Å². The van der Waals surface area contributed by atoms with Gasteiger partial charge in [-0.2, -0.15) is 0 Å². The number of hydrogen-bond donors (Lipinski definition) is 0. The minimum Gasteiger partial charge on any atom is -0.493 e. The number of fused-ring (bicyclic) bond motifs is 2. The predicted molar refractivity (Wildman–Crippen MR) is 72.1 cm³/mol. The average Bonchev–Trinajstić information content (AvgIpc) is 2.79. The van der Waals surface area contributed by atoms with Gasteiger partial charge in [0.25, 0.3) is 0 Å². The number of halogens is 1. The number of carbonyl (C=O) groups excluding carboxylic acids is 1. The first kappa shape index (κ1) is 13.6. The molecule has 2 unspecified atom stereocenters. The van der Waals surface area contributed by atoms with Crippen molar-refractivity contribution in [1.29, 1.82) is 0 Å². The number of Topliss-reactive ketones (excluding diaryl/α,β-unsaturated/α-hetero) is 1. The lowest BCUT2D eigenvalue weighted by molar-refractivity contribution is -0.129. The molecule has 3 rings (SSSR count). The van der Waals surface area contributed by atoms with E-state index in [1.165, 1.54) is 12.1 Å². The van der Waals surface area contributed by atoms with Crippen molar-refractivity contribution in [1.82, 2.24) is 0 Å². The summed E-state index contributed by atoms with van der Waals surface area (Å²) in [5.41, 5.74) is 0. The van der Waals surface area contributed by atoms with Gasteiger partial charge in [-0.25, -0.2) is 4.39 Å². The standard InChI is InChI=1S/C16H19FO3/c17-12-1-3-13(4-2-12)19-8-7-16(18)11-9-14-5-6-15(10-11)20-14/h1-4,11,14-15H,5-10H2. The number of carbonyl (C=O) groups is 1. The molecule has 2 bridgehead atoms. The third kappa shape index (κ3) is 3.18. The van der Waals surface area contributed by atoms with E-state index in [1.807, 2.05) is 0 Å². The molecular formula is C16H19FO3. The highest BCUT2D eigenvalue weighted by Gasteiger charge is 2.37. The van der Waals surface area contributed by atoms with E-state index in [4.69, 9.17) is 9.47 Å². The second-order valence-corrected chi connectivity index (χ2v) is 5.64. The first-order valence-electron chi connectivity index (χ1n) is 7.27. The minimum absolute atomic E-state index is 0.137. The van der Waals surface area contributed by atoms with Gasteiger partial charge in [0.2, 0.25) is 0 Å². The van der Waals surface area contributed by atoms with E-state index in [0.29, 0.717) is 31.0 Å². The Morgan fingerprint density at radius 2 is 1.85 bits per heavy atom. The van der Waals surface area contributed by atoms with Crippen LogP contribution in [-0.4, -0.2) is 24.6 Å². The summed E-state index contributed by atoms with van der Waals surface area (Å²) >= 11 is 0. The van der Waals surface area contributed by atoms with Crippen molar-refractivity contribution >= 4 is 5.78 Å². The molecule has 0 aromatic heterocycles. The molecule has 2 atom stereocenters. The molecule has 0 spiro atoms. The summed E-state index contributed by atoms with van der Waals surface area (Å²) < 4.78 is 24.0. The van der Waals surface area contributed by atoms with Gasteiger partial charge in [-0.05, 0) is 49.9 Å². The Labute approximate surface area is 118 Å². The van der Waals surface area contributed by atoms with Crippen LogP contribution in [0.1, 0.15) is 32.1 Å². The smallest absolute Gasteiger partial charge is 0.139 e. The molecule has 3 nitrogen and oxygen atoms in total. The van der Waals surface area contributed by atoms with Gasteiger partial charge in [0.1, 0.15) is 17.3 Å². The Balaban J connectivity index is 1.44. The summed E-state index contributed by atoms with van der Waals surface area (Å²) in [6.07, 6.45) is 4.93. The van der Waals surface area contributed by atoms with Gasteiger partial charge in [-0.15, -0.1) is 0 Å². The maximum atomic E-state index is 12.7. The summed E-state index contributed by atoms with van der Waals surface area (Å²) in [5, 5.41) is 0. The lowest BCUT2D eigenvalue weighted by Gasteiger charge is -2.27. The fourth-order valence-electron chi connectivity index (χ4n) is 3.13. The number of rotatable bonds is 5. The fraction of sp³-hybridized carbons (Fsp3) is 0.562. The van der Waals surface area contributed by atoms with E-state index in [0.717, 1.165) is 25.7 Å². The summed E-state index contributed by atoms with van der Waals surface area (Å²) in [5.74, 6) is 0.725. The molecule has 108 valence electrons. The first-order chi connectivity index (χ1) is 9.70. The van der Waals surface area contributed by atoms with Crippen LogP contribution in [0.3, 0.4) is 0 Å². The molecule has 0 radical (unpaired) electrons. The molecule has 2 saturated heterocycles. The number of hydrogen-bond acceptors (Lipinski definition) is 3. The van der Waals surface area contributed by atoms with Crippen molar-refractivity contribution in [3.63, 3.8) is 0 Å². The highest BCUT2D eigenvalue weighted by molar-refractivity contribution is 5.81. The summed E-state index contributed by atoms with van der Waals surface area (Å²) in [7, 11) is 0. The van der Waals surface area contributed by atoms with Crippen LogP contribution in [-0.2, 0) is 9.53 Å². The fourth-order valence-corrected chi connectivity index (χ4v) is 3.13. The Bertz CT molecular complexity index is 459. The SMILES string of the molecule is O=C(CCOc1ccc(F)cc1)C1CC2CCC(C1)O2. The Morgan fingerprint density at radius 3 is 2.50 bits per heavy atom. The van der Waals surface area contributed by atoms with Gasteiger partial charge in [-0.3, -0.25) is 4.79 Å². The van der Waals surface area contributed by atoms with Crippen LogP contribution >= 0.6 is 0 Å². The summed E-state index contributed by atoms with van der Waals surface area (Å²) in [6.45, 7) is 0.358. The highest BCUT2D eigenvalue weighted by Crippen LogP contribution is 2.36. The molecule has 0 amide bonds. The van der Waals surface area contributed by atoms with E-state index < -0.39 is 0 Å². The predicted octanol–water partition coefficient (Wildman–Crippen LogP) is 3.12. The first-order valence-corrected chi connectivity index (χ1v) is 7.27. The summed E-state index contributed by atoms with van der Waals surface area (Å²) in [6, 6.07) is 5.86. The van der Waals surface area contributed by atoms with Crippen molar-refractivity contribution < 1.29 is 18.7 Å². The van der Waals surface area contributed by atoms with E-state index in [2.05, 4.69) is 0 Å².